The van der Waals surface area contributed by atoms with Crippen molar-refractivity contribution >= 4 is 5.91 Å². The Balaban J connectivity index is 1.20. The molecule has 0 radical (unpaired) electrons. The number of alkyl halides is 3. The third kappa shape index (κ3) is 5.55. The quantitative estimate of drug-likeness (QED) is 0.655. The first-order valence-electron chi connectivity index (χ1n) is 11.2. The maximum Gasteiger partial charge on any atom is 0.573 e. The van der Waals surface area contributed by atoms with Crippen LogP contribution in [0.25, 0.3) is 0 Å². The molecule has 1 saturated carbocycles. The Labute approximate surface area is 189 Å². The summed E-state index contributed by atoms with van der Waals surface area (Å²) in [6.45, 7) is 2.11. The summed E-state index contributed by atoms with van der Waals surface area (Å²) in [4.78, 5) is 25.5. The van der Waals surface area contributed by atoms with E-state index in [2.05, 4.69) is 19.6 Å². The van der Waals surface area contributed by atoms with Crippen LogP contribution in [0.2, 0.25) is 0 Å². The molecule has 0 N–H and O–H groups in total. The van der Waals surface area contributed by atoms with Gasteiger partial charge in [-0.05, 0) is 30.5 Å². The topological polar surface area (TPSA) is 67.8 Å². The Morgan fingerprint density at radius 2 is 1.97 bits per heavy atom. The molecule has 2 aromatic rings. The van der Waals surface area contributed by atoms with Crippen LogP contribution in [0.5, 0.6) is 11.6 Å². The summed E-state index contributed by atoms with van der Waals surface area (Å²) >= 11 is 0. The van der Waals surface area contributed by atoms with Gasteiger partial charge in [-0.2, -0.15) is 0 Å². The molecule has 2 saturated heterocycles. The molecule has 2 aliphatic heterocycles. The zero-order chi connectivity index (χ0) is 23.0. The Morgan fingerprint density at radius 1 is 1.12 bits per heavy atom. The largest absolute Gasteiger partial charge is 0.573 e. The molecule has 5 rings (SSSR count). The molecular weight excluding hydrogens is 437 g/mol. The highest BCUT2D eigenvalue weighted by Gasteiger charge is 2.39. The number of rotatable bonds is 6. The molecule has 2 atom stereocenters. The molecule has 1 aliphatic carbocycles. The summed E-state index contributed by atoms with van der Waals surface area (Å²) in [5.74, 6) is 0.821. The number of amides is 1. The van der Waals surface area contributed by atoms with Crippen molar-refractivity contribution in [2.75, 3.05) is 19.6 Å². The standard InChI is InChI=1S/C23H25F3N4O3/c24-23(25,26)33-18-3-1-2-15(8-18)12-29-7-6-22(31)30-14-19(9-17(30)13-29)32-21-11-27-20(10-28-21)16-4-5-16/h1-3,8,10-11,16-17,19H,4-7,9,12-14H2/t17-,19-/m1/s1. The van der Waals surface area contributed by atoms with Gasteiger partial charge in [-0.15, -0.1) is 13.2 Å². The van der Waals surface area contributed by atoms with Crippen LogP contribution in [0.4, 0.5) is 13.2 Å². The summed E-state index contributed by atoms with van der Waals surface area (Å²) in [5.41, 5.74) is 1.70. The van der Waals surface area contributed by atoms with E-state index in [9.17, 15) is 18.0 Å². The summed E-state index contributed by atoms with van der Waals surface area (Å²) < 4.78 is 47.6. The lowest BCUT2D eigenvalue weighted by atomic mass is 10.1. The van der Waals surface area contributed by atoms with E-state index in [0.717, 1.165) is 18.5 Å². The first-order valence-corrected chi connectivity index (χ1v) is 11.2. The summed E-state index contributed by atoms with van der Waals surface area (Å²) in [7, 11) is 0. The van der Waals surface area contributed by atoms with Gasteiger partial charge in [0.05, 0.1) is 24.6 Å². The van der Waals surface area contributed by atoms with Crippen molar-refractivity contribution < 1.29 is 27.4 Å². The van der Waals surface area contributed by atoms with Crippen LogP contribution < -0.4 is 9.47 Å². The van der Waals surface area contributed by atoms with Gasteiger partial charge < -0.3 is 14.4 Å². The highest BCUT2D eigenvalue weighted by molar-refractivity contribution is 5.77. The molecule has 3 fully saturated rings. The number of halogens is 3. The molecule has 10 heteroatoms. The van der Waals surface area contributed by atoms with Gasteiger partial charge in [0.25, 0.3) is 0 Å². The van der Waals surface area contributed by atoms with Gasteiger partial charge in [0.2, 0.25) is 11.8 Å². The minimum Gasteiger partial charge on any atom is -0.471 e. The van der Waals surface area contributed by atoms with E-state index in [-0.39, 0.29) is 23.8 Å². The lowest BCUT2D eigenvalue weighted by Crippen LogP contribution is -2.38. The van der Waals surface area contributed by atoms with E-state index in [1.807, 2.05) is 4.90 Å². The van der Waals surface area contributed by atoms with Gasteiger partial charge in [0.1, 0.15) is 11.9 Å². The molecule has 0 bridgehead atoms. The summed E-state index contributed by atoms with van der Waals surface area (Å²) in [6.07, 6.45) is 1.88. The number of carbonyl (C=O) groups excluding carboxylic acids is 1. The van der Waals surface area contributed by atoms with Crippen molar-refractivity contribution in [3.63, 3.8) is 0 Å². The van der Waals surface area contributed by atoms with Gasteiger partial charge >= 0.3 is 6.36 Å². The fraction of sp³-hybridized carbons (Fsp3) is 0.522. The number of fused-ring (bicyclic) bond motifs is 1. The Bertz CT molecular complexity index is 997. The summed E-state index contributed by atoms with van der Waals surface area (Å²) in [5, 5.41) is 0. The van der Waals surface area contributed by atoms with Crippen molar-refractivity contribution in [2.45, 2.75) is 56.7 Å². The number of benzene rings is 1. The van der Waals surface area contributed by atoms with Crippen LogP contribution in [0.3, 0.4) is 0 Å². The lowest BCUT2D eigenvalue weighted by Gasteiger charge is -2.25. The zero-order valence-corrected chi connectivity index (χ0v) is 18.0. The molecule has 0 spiro atoms. The number of carbonyl (C=O) groups is 1. The van der Waals surface area contributed by atoms with E-state index in [1.54, 1.807) is 24.5 Å². The SMILES string of the molecule is O=C1CCN(Cc2cccc(OC(F)(F)F)c2)C[C@H]2C[C@@H](Oc3cnc(C4CC4)cn3)CN12. The maximum atomic E-state index is 12.7. The second-order valence-corrected chi connectivity index (χ2v) is 8.91. The number of nitrogens with zero attached hydrogens (tertiary/aromatic N) is 4. The molecule has 3 aliphatic rings. The van der Waals surface area contributed by atoms with Gasteiger partial charge in [-0.3, -0.25) is 14.7 Å². The van der Waals surface area contributed by atoms with Gasteiger partial charge in [0.15, 0.2) is 0 Å². The predicted molar refractivity (Wildman–Crippen MR) is 112 cm³/mol. The molecule has 0 unspecified atom stereocenters. The van der Waals surface area contributed by atoms with Crippen LogP contribution in [0, 0.1) is 0 Å². The molecule has 1 aromatic heterocycles. The number of ether oxygens (including phenoxy) is 2. The Kier molecular flexibility index (Phi) is 5.86. The van der Waals surface area contributed by atoms with Crippen LogP contribution in [0.1, 0.15) is 42.9 Å². The Morgan fingerprint density at radius 3 is 2.70 bits per heavy atom. The minimum absolute atomic E-state index is 0.0155. The third-order valence-corrected chi connectivity index (χ3v) is 6.28. The maximum absolute atomic E-state index is 12.7. The summed E-state index contributed by atoms with van der Waals surface area (Å²) in [6, 6.07) is 5.96. The molecule has 33 heavy (non-hydrogen) atoms. The van der Waals surface area contributed by atoms with Crippen molar-refractivity contribution in [2.24, 2.45) is 0 Å². The highest BCUT2D eigenvalue weighted by atomic mass is 19.4. The van der Waals surface area contributed by atoms with Crippen LogP contribution in [-0.2, 0) is 11.3 Å². The first-order chi connectivity index (χ1) is 15.8. The first kappa shape index (κ1) is 21.9. The number of hydrogen-bond acceptors (Lipinski definition) is 6. The molecule has 176 valence electrons. The molecule has 3 heterocycles. The zero-order valence-electron chi connectivity index (χ0n) is 18.0. The van der Waals surface area contributed by atoms with Crippen molar-refractivity contribution in [3.05, 3.63) is 47.9 Å². The monoisotopic (exact) mass is 462 g/mol. The molecule has 1 amide bonds. The predicted octanol–water partition coefficient (Wildman–Crippen LogP) is 3.51. The van der Waals surface area contributed by atoms with E-state index >= 15 is 0 Å². The van der Waals surface area contributed by atoms with E-state index in [0.29, 0.717) is 56.4 Å². The fourth-order valence-corrected chi connectivity index (χ4v) is 4.61. The van der Waals surface area contributed by atoms with Crippen molar-refractivity contribution in [1.82, 2.24) is 19.8 Å². The normalized spacial score (nSPS) is 23.8. The van der Waals surface area contributed by atoms with Crippen molar-refractivity contribution in [3.8, 4) is 11.6 Å². The van der Waals surface area contributed by atoms with Gasteiger partial charge in [-0.1, -0.05) is 12.1 Å². The van der Waals surface area contributed by atoms with E-state index < -0.39 is 6.36 Å². The minimum atomic E-state index is -4.73. The third-order valence-electron chi connectivity index (χ3n) is 6.28. The number of aromatic nitrogens is 2. The van der Waals surface area contributed by atoms with Crippen LogP contribution in [-0.4, -0.2) is 63.8 Å². The average Bonchev–Trinajstić information content (AvgIpc) is 3.54. The smallest absolute Gasteiger partial charge is 0.471 e. The lowest BCUT2D eigenvalue weighted by molar-refractivity contribution is -0.274. The average molecular weight is 462 g/mol. The van der Waals surface area contributed by atoms with Gasteiger partial charge in [0, 0.05) is 44.4 Å². The molecule has 1 aromatic carbocycles. The van der Waals surface area contributed by atoms with Crippen molar-refractivity contribution in [1.29, 1.82) is 0 Å². The highest BCUT2D eigenvalue weighted by Crippen LogP contribution is 2.38. The second kappa shape index (κ2) is 8.81. The van der Waals surface area contributed by atoms with E-state index in [4.69, 9.17) is 4.74 Å². The Hall–Kier alpha value is -2.88. The van der Waals surface area contributed by atoms with Gasteiger partial charge in [-0.25, -0.2) is 4.98 Å². The second-order valence-electron chi connectivity index (χ2n) is 8.91. The van der Waals surface area contributed by atoms with E-state index in [1.165, 1.54) is 12.1 Å². The molecular formula is C23H25F3N4O3. The molecule has 7 nitrogen and oxygen atoms in total. The van der Waals surface area contributed by atoms with Crippen LogP contribution >= 0.6 is 0 Å². The number of hydrogen-bond donors (Lipinski definition) is 0. The van der Waals surface area contributed by atoms with Crippen LogP contribution in [0.15, 0.2) is 36.7 Å². The fourth-order valence-electron chi connectivity index (χ4n) is 4.61.